The monoisotopic (exact) mass is 332 g/mol. The van der Waals surface area contributed by atoms with Crippen molar-refractivity contribution in [1.29, 1.82) is 0 Å². The van der Waals surface area contributed by atoms with E-state index in [2.05, 4.69) is 34.7 Å². The van der Waals surface area contributed by atoms with E-state index >= 15 is 0 Å². The van der Waals surface area contributed by atoms with Crippen molar-refractivity contribution >= 4 is 11.0 Å². The maximum Gasteiger partial charge on any atom is 0.247 e. The van der Waals surface area contributed by atoms with Gasteiger partial charge in [-0.2, -0.15) is 0 Å². The van der Waals surface area contributed by atoms with Crippen molar-refractivity contribution in [3.63, 3.8) is 0 Å². The second-order valence-electron chi connectivity index (χ2n) is 6.22. The Hall–Kier alpha value is -2.95. The third-order valence-electron chi connectivity index (χ3n) is 4.27. The number of nitrogens with zero attached hydrogens (tertiary/aromatic N) is 4. The molecule has 25 heavy (non-hydrogen) atoms. The lowest BCUT2D eigenvalue weighted by atomic mass is 10.1. The molecule has 0 fully saturated rings. The number of aromatic nitrogens is 4. The van der Waals surface area contributed by atoms with Gasteiger partial charge in [-0.05, 0) is 37.6 Å². The minimum atomic E-state index is 0.536. The van der Waals surface area contributed by atoms with E-state index in [4.69, 9.17) is 9.40 Å². The molecule has 0 spiro atoms. The van der Waals surface area contributed by atoms with Crippen LogP contribution in [0.15, 0.2) is 52.9 Å². The van der Waals surface area contributed by atoms with Gasteiger partial charge in [-0.15, -0.1) is 10.2 Å². The molecule has 5 nitrogen and oxygen atoms in total. The lowest BCUT2D eigenvalue weighted by Crippen LogP contribution is -2.05. The molecule has 0 aliphatic rings. The fourth-order valence-electron chi connectivity index (χ4n) is 2.98. The van der Waals surface area contributed by atoms with Gasteiger partial charge in [0.25, 0.3) is 0 Å². The molecule has 0 saturated carbocycles. The number of fused-ring (bicyclic) bond motifs is 1. The first-order valence-electron chi connectivity index (χ1n) is 8.58. The summed E-state index contributed by atoms with van der Waals surface area (Å²) in [5, 5.41) is 8.43. The first-order chi connectivity index (χ1) is 12.2. The Morgan fingerprint density at radius 1 is 1.00 bits per heavy atom. The van der Waals surface area contributed by atoms with Crippen molar-refractivity contribution in [2.75, 3.05) is 0 Å². The third kappa shape index (κ3) is 3.05. The molecule has 4 aromatic rings. The van der Waals surface area contributed by atoms with Gasteiger partial charge in [-0.1, -0.05) is 36.8 Å². The van der Waals surface area contributed by atoms with Gasteiger partial charge in [0.1, 0.15) is 12.4 Å². The molecule has 0 aliphatic carbocycles. The van der Waals surface area contributed by atoms with Crippen LogP contribution in [0.25, 0.3) is 22.5 Å². The van der Waals surface area contributed by atoms with Crippen LogP contribution in [0, 0.1) is 6.92 Å². The number of aryl methyl sites for hydroxylation is 2. The predicted octanol–water partition coefficient (Wildman–Crippen LogP) is 4.40. The highest BCUT2D eigenvalue weighted by Crippen LogP contribution is 2.21. The molecule has 0 saturated heterocycles. The summed E-state index contributed by atoms with van der Waals surface area (Å²) in [4.78, 5) is 4.75. The highest BCUT2D eigenvalue weighted by Gasteiger charge is 2.14. The molecule has 0 amide bonds. The van der Waals surface area contributed by atoms with Gasteiger partial charge >= 0.3 is 0 Å². The molecule has 2 heterocycles. The summed E-state index contributed by atoms with van der Waals surface area (Å²) in [6.45, 7) is 4.75. The van der Waals surface area contributed by atoms with Crippen LogP contribution in [-0.4, -0.2) is 19.7 Å². The van der Waals surface area contributed by atoms with E-state index in [1.807, 2.05) is 42.5 Å². The summed E-state index contributed by atoms with van der Waals surface area (Å²) in [6.07, 6.45) is 1.97. The Labute approximate surface area is 146 Å². The average molecular weight is 332 g/mol. The minimum absolute atomic E-state index is 0.536. The first-order valence-corrected chi connectivity index (χ1v) is 8.58. The second kappa shape index (κ2) is 6.51. The van der Waals surface area contributed by atoms with E-state index in [-0.39, 0.29) is 0 Å². The number of rotatable bonds is 5. The van der Waals surface area contributed by atoms with Crippen molar-refractivity contribution in [1.82, 2.24) is 19.7 Å². The number of hydrogen-bond donors (Lipinski definition) is 0. The van der Waals surface area contributed by atoms with Crippen LogP contribution in [0.2, 0.25) is 0 Å². The third-order valence-corrected chi connectivity index (χ3v) is 4.27. The molecule has 0 unspecified atom stereocenters. The topological polar surface area (TPSA) is 56.7 Å². The van der Waals surface area contributed by atoms with E-state index in [1.54, 1.807) is 0 Å². The average Bonchev–Trinajstić information content (AvgIpc) is 3.22. The van der Waals surface area contributed by atoms with Crippen LogP contribution in [-0.2, 0) is 13.0 Å². The Kier molecular flexibility index (Phi) is 4.06. The van der Waals surface area contributed by atoms with E-state index < -0.39 is 0 Å². The highest BCUT2D eigenvalue weighted by atomic mass is 16.4. The molecule has 0 aliphatic heterocycles. The van der Waals surface area contributed by atoms with Gasteiger partial charge in [0, 0.05) is 12.0 Å². The standard InChI is InChI=1S/C20H20N4O/c1-3-6-18-21-16-7-4-5-8-17(16)24(18)13-19-22-23-20(25-19)15-11-9-14(2)10-12-15/h4-5,7-12H,3,6,13H2,1-2H3. The molecule has 2 aromatic carbocycles. The number of benzene rings is 2. The first kappa shape index (κ1) is 15.6. The van der Waals surface area contributed by atoms with Crippen LogP contribution in [0.4, 0.5) is 0 Å². The second-order valence-corrected chi connectivity index (χ2v) is 6.22. The molecule has 0 N–H and O–H groups in total. The Morgan fingerprint density at radius 3 is 2.60 bits per heavy atom. The molecule has 126 valence electrons. The molecule has 5 heteroatoms. The smallest absolute Gasteiger partial charge is 0.247 e. The zero-order valence-electron chi connectivity index (χ0n) is 14.4. The maximum absolute atomic E-state index is 5.89. The summed E-state index contributed by atoms with van der Waals surface area (Å²) in [5.74, 6) is 2.20. The number of hydrogen-bond acceptors (Lipinski definition) is 4. The van der Waals surface area contributed by atoms with E-state index in [0.717, 1.165) is 35.3 Å². The quantitative estimate of drug-likeness (QED) is 0.544. The van der Waals surface area contributed by atoms with Crippen molar-refractivity contribution in [2.45, 2.75) is 33.2 Å². The Bertz CT molecular complexity index is 998. The summed E-state index contributed by atoms with van der Waals surface area (Å²) in [6, 6.07) is 16.3. The van der Waals surface area contributed by atoms with Crippen LogP contribution < -0.4 is 0 Å². The van der Waals surface area contributed by atoms with Crippen molar-refractivity contribution in [3.05, 3.63) is 65.8 Å². The zero-order chi connectivity index (χ0) is 17.2. The highest BCUT2D eigenvalue weighted by molar-refractivity contribution is 5.76. The van der Waals surface area contributed by atoms with Gasteiger partial charge in [-0.25, -0.2) is 4.98 Å². The molecule has 4 rings (SSSR count). The fraction of sp³-hybridized carbons (Fsp3) is 0.250. The Morgan fingerprint density at radius 2 is 1.80 bits per heavy atom. The summed E-state index contributed by atoms with van der Waals surface area (Å²) in [7, 11) is 0. The molecule has 0 radical (unpaired) electrons. The zero-order valence-corrected chi connectivity index (χ0v) is 14.4. The lowest BCUT2D eigenvalue weighted by molar-refractivity contribution is 0.486. The van der Waals surface area contributed by atoms with Gasteiger partial charge in [-0.3, -0.25) is 0 Å². The SMILES string of the molecule is CCCc1nc2ccccc2n1Cc1nnc(-c2ccc(C)cc2)o1. The maximum atomic E-state index is 5.89. The van der Waals surface area contributed by atoms with Gasteiger partial charge < -0.3 is 8.98 Å². The van der Waals surface area contributed by atoms with Crippen molar-refractivity contribution in [3.8, 4) is 11.5 Å². The van der Waals surface area contributed by atoms with E-state index in [1.165, 1.54) is 5.56 Å². The largest absolute Gasteiger partial charge is 0.419 e. The minimum Gasteiger partial charge on any atom is -0.419 e. The number of imidazole rings is 1. The molecule has 2 aromatic heterocycles. The van der Waals surface area contributed by atoms with Crippen molar-refractivity contribution < 1.29 is 4.42 Å². The van der Waals surface area contributed by atoms with Crippen LogP contribution in [0.3, 0.4) is 0 Å². The van der Waals surface area contributed by atoms with E-state index in [0.29, 0.717) is 18.3 Å². The van der Waals surface area contributed by atoms with E-state index in [9.17, 15) is 0 Å². The van der Waals surface area contributed by atoms with Gasteiger partial charge in [0.15, 0.2) is 0 Å². The fourth-order valence-corrected chi connectivity index (χ4v) is 2.98. The Balaban J connectivity index is 1.67. The van der Waals surface area contributed by atoms with Gasteiger partial charge in [0.05, 0.1) is 11.0 Å². The van der Waals surface area contributed by atoms with Crippen LogP contribution in [0.1, 0.15) is 30.6 Å². The molecule has 0 bridgehead atoms. The van der Waals surface area contributed by atoms with Gasteiger partial charge in [0.2, 0.25) is 11.8 Å². The summed E-state index contributed by atoms with van der Waals surface area (Å²) in [5.41, 5.74) is 4.25. The van der Waals surface area contributed by atoms with Crippen molar-refractivity contribution in [2.24, 2.45) is 0 Å². The predicted molar refractivity (Wildman–Crippen MR) is 97.3 cm³/mol. The van der Waals surface area contributed by atoms with Crippen LogP contribution >= 0.6 is 0 Å². The summed E-state index contributed by atoms with van der Waals surface area (Å²) < 4.78 is 8.07. The summed E-state index contributed by atoms with van der Waals surface area (Å²) >= 11 is 0. The normalized spacial score (nSPS) is 11.3. The number of para-hydroxylation sites is 2. The van der Waals surface area contributed by atoms with Crippen LogP contribution in [0.5, 0.6) is 0 Å². The molecular formula is C20H20N4O. The molecule has 0 atom stereocenters. The lowest BCUT2D eigenvalue weighted by Gasteiger charge is -2.05. The molecular weight excluding hydrogens is 312 g/mol.